The molecular weight excluding hydrogens is 263 g/mol. The van der Waals surface area contributed by atoms with Crippen LogP contribution in [0.2, 0.25) is 0 Å². The monoisotopic (exact) mass is 276 g/mol. The summed E-state index contributed by atoms with van der Waals surface area (Å²) in [6.45, 7) is 3.34. The van der Waals surface area contributed by atoms with Crippen LogP contribution in [-0.2, 0) is 0 Å². The topological polar surface area (TPSA) is 29.5 Å². The third kappa shape index (κ3) is 3.47. The van der Waals surface area contributed by atoms with Crippen molar-refractivity contribution in [3.05, 3.63) is 28.2 Å². The number of alkyl halides is 1. The van der Waals surface area contributed by atoms with E-state index < -0.39 is 12.8 Å². The highest BCUT2D eigenvalue weighted by Gasteiger charge is 2.11. The normalized spacial score (nSPS) is 12.9. The molecule has 2 nitrogen and oxygen atoms in total. The van der Waals surface area contributed by atoms with Crippen LogP contribution in [0.1, 0.15) is 25.6 Å². The zero-order valence-electron chi connectivity index (χ0n) is 8.71. The predicted molar refractivity (Wildman–Crippen MR) is 60.8 cm³/mol. The summed E-state index contributed by atoms with van der Waals surface area (Å²) >= 11 is 3.30. The Morgan fingerprint density at radius 2 is 2.13 bits per heavy atom. The Kier molecular flexibility index (Phi) is 4.54. The molecule has 1 aromatic rings. The van der Waals surface area contributed by atoms with Crippen LogP contribution in [0.4, 0.5) is 4.39 Å². The first kappa shape index (κ1) is 12.5. The average molecular weight is 277 g/mol. The smallest absolute Gasteiger partial charge is 0.148 e. The first-order chi connectivity index (χ1) is 7.04. The number of hydrogen-bond acceptors (Lipinski definition) is 2. The highest BCUT2D eigenvalue weighted by molar-refractivity contribution is 9.10. The number of benzene rings is 1. The Bertz CT molecular complexity index is 328. The van der Waals surface area contributed by atoms with Crippen molar-refractivity contribution in [2.45, 2.75) is 26.1 Å². The molecule has 0 aliphatic rings. The van der Waals surface area contributed by atoms with Gasteiger partial charge in [0.1, 0.15) is 11.9 Å². The molecule has 0 heterocycles. The van der Waals surface area contributed by atoms with E-state index in [9.17, 15) is 4.39 Å². The maximum atomic E-state index is 13.1. The van der Waals surface area contributed by atoms with Gasteiger partial charge in [-0.15, -0.1) is 0 Å². The molecule has 0 radical (unpaired) electrons. The minimum absolute atomic E-state index is 0.0752. The molecule has 0 fully saturated rings. The van der Waals surface area contributed by atoms with Gasteiger partial charge in [0.05, 0.1) is 17.2 Å². The molecule has 0 aromatic heterocycles. The van der Waals surface area contributed by atoms with Crippen LogP contribution in [-0.4, -0.2) is 17.8 Å². The second-order valence-electron chi connectivity index (χ2n) is 3.51. The quantitative estimate of drug-likeness (QED) is 0.915. The summed E-state index contributed by atoms with van der Waals surface area (Å²) in [6, 6.07) is 4.93. The van der Waals surface area contributed by atoms with Crippen LogP contribution in [0.15, 0.2) is 22.7 Å². The van der Waals surface area contributed by atoms with E-state index in [1.165, 1.54) is 0 Å². The van der Waals surface area contributed by atoms with Crippen molar-refractivity contribution in [3.63, 3.8) is 0 Å². The second-order valence-corrected chi connectivity index (χ2v) is 4.36. The summed E-state index contributed by atoms with van der Waals surface area (Å²) in [5, 5.41) is 8.67. The van der Waals surface area contributed by atoms with Crippen LogP contribution in [0.25, 0.3) is 0 Å². The van der Waals surface area contributed by atoms with Crippen molar-refractivity contribution in [2.24, 2.45) is 0 Å². The first-order valence-electron chi connectivity index (χ1n) is 4.75. The van der Waals surface area contributed by atoms with Gasteiger partial charge in [0.2, 0.25) is 0 Å². The number of hydrogen-bond donors (Lipinski definition) is 1. The van der Waals surface area contributed by atoms with E-state index in [1.54, 1.807) is 18.2 Å². The molecule has 0 saturated carbocycles. The van der Waals surface area contributed by atoms with Crippen molar-refractivity contribution in [1.29, 1.82) is 0 Å². The van der Waals surface area contributed by atoms with Gasteiger partial charge >= 0.3 is 0 Å². The second kappa shape index (κ2) is 5.47. The van der Waals surface area contributed by atoms with Gasteiger partial charge in [0, 0.05) is 0 Å². The van der Waals surface area contributed by atoms with Gasteiger partial charge in [0.25, 0.3) is 0 Å². The van der Waals surface area contributed by atoms with Gasteiger partial charge in [-0.2, -0.15) is 0 Å². The van der Waals surface area contributed by atoms with Gasteiger partial charge in [0.15, 0.2) is 0 Å². The molecule has 0 spiro atoms. The van der Waals surface area contributed by atoms with Crippen molar-refractivity contribution >= 4 is 15.9 Å². The Morgan fingerprint density at radius 3 is 2.60 bits per heavy atom. The predicted octanol–water partition coefficient (Wildman–Crippen LogP) is 3.24. The van der Waals surface area contributed by atoms with E-state index in [-0.39, 0.29) is 6.10 Å². The Morgan fingerprint density at radius 1 is 1.47 bits per heavy atom. The molecule has 84 valence electrons. The van der Waals surface area contributed by atoms with Gasteiger partial charge in [-0.1, -0.05) is 6.07 Å². The standard InChI is InChI=1S/C11H14BrFO2/c1-7(2)15-11-4-3-8(5-9(11)12)10(13)6-14/h3-5,7,10,14H,6H2,1-2H3. The van der Waals surface area contributed by atoms with Gasteiger partial charge in [-0.25, -0.2) is 4.39 Å². The lowest BCUT2D eigenvalue weighted by atomic mass is 10.1. The molecule has 1 unspecified atom stereocenters. The maximum Gasteiger partial charge on any atom is 0.148 e. The summed E-state index contributed by atoms with van der Waals surface area (Å²) in [5.74, 6) is 0.680. The summed E-state index contributed by atoms with van der Waals surface area (Å²) in [6.07, 6.45) is -1.26. The fraction of sp³-hybridized carbons (Fsp3) is 0.455. The lowest BCUT2D eigenvalue weighted by molar-refractivity contribution is 0.179. The Labute approximate surface area is 97.2 Å². The van der Waals surface area contributed by atoms with Crippen molar-refractivity contribution in [2.75, 3.05) is 6.61 Å². The summed E-state index contributed by atoms with van der Waals surface area (Å²) in [5.41, 5.74) is 0.445. The lowest BCUT2D eigenvalue weighted by Crippen LogP contribution is -2.06. The summed E-state index contributed by atoms with van der Waals surface area (Å²) in [4.78, 5) is 0. The highest BCUT2D eigenvalue weighted by Crippen LogP contribution is 2.30. The van der Waals surface area contributed by atoms with E-state index in [0.29, 0.717) is 15.8 Å². The van der Waals surface area contributed by atoms with Crippen LogP contribution >= 0.6 is 15.9 Å². The van der Waals surface area contributed by atoms with E-state index in [1.807, 2.05) is 13.8 Å². The molecule has 1 aromatic carbocycles. The summed E-state index contributed by atoms with van der Waals surface area (Å²) < 4.78 is 19.3. The minimum Gasteiger partial charge on any atom is -0.490 e. The van der Waals surface area contributed by atoms with E-state index in [2.05, 4.69) is 15.9 Å². The van der Waals surface area contributed by atoms with E-state index in [0.717, 1.165) is 0 Å². The maximum absolute atomic E-state index is 13.1. The molecule has 0 aliphatic carbocycles. The molecule has 1 rings (SSSR count). The molecule has 0 bridgehead atoms. The Hall–Kier alpha value is -0.610. The van der Waals surface area contributed by atoms with Crippen LogP contribution < -0.4 is 4.74 Å². The van der Waals surface area contributed by atoms with Gasteiger partial charge in [-0.3, -0.25) is 0 Å². The fourth-order valence-electron chi connectivity index (χ4n) is 1.17. The Balaban J connectivity index is 2.88. The minimum atomic E-state index is -1.34. The zero-order valence-corrected chi connectivity index (χ0v) is 10.3. The molecule has 4 heteroatoms. The average Bonchev–Trinajstić information content (AvgIpc) is 2.19. The number of aliphatic hydroxyl groups is 1. The fourth-order valence-corrected chi connectivity index (χ4v) is 1.66. The molecule has 0 aliphatic heterocycles. The van der Waals surface area contributed by atoms with Crippen molar-refractivity contribution in [1.82, 2.24) is 0 Å². The molecule has 15 heavy (non-hydrogen) atoms. The van der Waals surface area contributed by atoms with Gasteiger partial charge < -0.3 is 9.84 Å². The van der Waals surface area contributed by atoms with Crippen LogP contribution in [0.3, 0.4) is 0 Å². The van der Waals surface area contributed by atoms with Crippen molar-refractivity contribution < 1.29 is 14.2 Å². The first-order valence-corrected chi connectivity index (χ1v) is 5.55. The number of aliphatic hydroxyl groups excluding tert-OH is 1. The number of rotatable bonds is 4. The molecule has 0 saturated heterocycles. The SMILES string of the molecule is CC(C)Oc1ccc(C(F)CO)cc1Br. The third-order valence-electron chi connectivity index (χ3n) is 1.84. The number of halogens is 2. The van der Waals surface area contributed by atoms with Crippen molar-refractivity contribution in [3.8, 4) is 5.75 Å². The van der Waals surface area contributed by atoms with Gasteiger partial charge in [-0.05, 0) is 47.5 Å². The van der Waals surface area contributed by atoms with E-state index in [4.69, 9.17) is 9.84 Å². The zero-order chi connectivity index (χ0) is 11.4. The lowest BCUT2D eigenvalue weighted by Gasteiger charge is -2.13. The van der Waals surface area contributed by atoms with Crippen LogP contribution in [0.5, 0.6) is 5.75 Å². The molecule has 0 amide bonds. The third-order valence-corrected chi connectivity index (χ3v) is 2.46. The molecular formula is C11H14BrFO2. The molecule has 1 N–H and O–H groups in total. The van der Waals surface area contributed by atoms with Crippen LogP contribution in [0, 0.1) is 0 Å². The summed E-state index contributed by atoms with van der Waals surface area (Å²) in [7, 11) is 0. The number of ether oxygens (including phenoxy) is 1. The highest BCUT2D eigenvalue weighted by atomic mass is 79.9. The van der Waals surface area contributed by atoms with E-state index >= 15 is 0 Å². The molecule has 1 atom stereocenters. The largest absolute Gasteiger partial charge is 0.490 e.